The average Bonchev–Trinajstić information content (AvgIpc) is 3.33. The summed E-state index contributed by atoms with van der Waals surface area (Å²) >= 11 is 0. The highest BCUT2D eigenvalue weighted by Crippen LogP contribution is 2.62. The van der Waals surface area contributed by atoms with Crippen LogP contribution in [-0.4, -0.2) is 12.4 Å². The number of nitrogens with zero attached hydrogens (tertiary/aromatic N) is 1. The van der Waals surface area contributed by atoms with Crippen LogP contribution in [0.5, 0.6) is 17.2 Å². The molecular weight excluding hydrogens is 458 g/mol. The highest BCUT2D eigenvalue weighted by molar-refractivity contribution is 6.03. The fraction of sp³-hybridized carbons (Fsp3) is 0.0606. The number of ketones is 1. The van der Waals surface area contributed by atoms with E-state index in [0.29, 0.717) is 11.3 Å². The van der Waals surface area contributed by atoms with Crippen LogP contribution >= 0.6 is 0 Å². The first-order valence-electron chi connectivity index (χ1n) is 12.4. The molecule has 0 bridgehead atoms. The standard InChI is InChI=1S/C33H21NO3/c35-29-20-36-32-19-21(17-18-22(29)32)34-27-13-5-1-9-23(27)33(24-10-2-6-14-28(24)34)25-11-3-7-15-30(25)37-31-16-8-4-12-26(31)33/h1-19H,20H2. The third-order valence-electron chi connectivity index (χ3n) is 7.78. The fourth-order valence-electron chi connectivity index (χ4n) is 6.32. The summed E-state index contributed by atoms with van der Waals surface area (Å²) in [6, 6.07) is 39.8. The van der Waals surface area contributed by atoms with Crippen LogP contribution in [0.3, 0.4) is 0 Å². The van der Waals surface area contributed by atoms with Gasteiger partial charge in [-0.1, -0.05) is 72.8 Å². The second kappa shape index (κ2) is 7.34. The zero-order chi connectivity index (χ0) is 24.6. The molecule has 0 N–H and O–H groups in total. The van der Waals surface area contributed by atoms with E-state index in [-0.39, 0.29) is 12.4 Å². The molecular formula is C33H21NO3. The molecule has 0 aromatic heterocycles. The first-order valence-corrected chi connectivity index (χ1v) is 12.4. The van der Waals surface area contributed by atoms with Crippen molar-refractivity contribution < 1.29 is 14.3 Å². The Balaban J connectivity index is 1.49. The maximum Gasteiger partial charge on any atom is 0.203 e. The fourth-order valence-corrected chi connectivity index (χ4v) is 6.32. The van der Waals surface area contributed by atoms with Crippen molar-refractivity contribution in [2.75, 3.05) is 11.5 Å². The van der Waals surface area contributed by atoms with Crippen LogP contribution < -0.4 is 14.4 Å². The Labute approximate surface area is 214 Å². The summed E-state index contributed by atoms with van der Waals surface area (Å²) in [6.45, 7) is 0.0998. The van der Waals surface area contributed by atoms with Gasteiger partial charge in [0.2, 0.25) is 5.78 Å². The van der Waals surface area contributed by atoms with Crippen LogP contribution in [0.2, 0.25) is 0 Å². The van der Waals surface area contributed by atoms with Crippen molar-refractivity contribution in [3.05, 3.63) is 143 Å². The highest BCUT2D eigenvalue weighted by atomic mass is 16.5. The van der Waals surface area contributed by atoms with Crippen molar-refractivity contribution in [3.63, 3.8) is 0 Å². The van der Waals surface area contributed by atoms with Gasteiger partial charge in [0.25, 0.3) is 0 Å². The zero-order valence-corrected chi connectivity index (χ0v) is 19.8. The van der Waals surface area contributed by atoms with Gasteiger partial charge in [-0.2, -0.15) is 0 Å². The van der Waals surface area contributed by atoms with Crippen LogP contribution in [0.25, 0.3) is 0 Å². The molecule has 5 aromatic rings. The molecule has 37 heavy (non-hydrogen) atoms. The highest BCUT2D eigenvalue weighted by Gasteiger charge is 2.51. The van der Waals surface area contributed by atoms with E-state index in [1.165, 1.54) is 11.1 Å². The number of fused-ring (bicyclic) bond motifs is 9. The maximum absolute atomic E-state index is 12.2. The number of hydrogen-bond donors (Lipinski definition) is 0. The molecule has 4 heteroatoms. The third-order valence-corrected chi connectivity index (χ3v) is 7.78. The minimum absolute atomic E-state index is 0.0235. The molecule has 5 aromatic carbocycles. The van der Waals surface area contributed by atoms with Crippen LogP contribution in [0.4, 0.5) is 17.1 Å². The van der Waals surface area contributed by atoms with Gasteiger partial charge in [-0.3, -0.25) is 4.79 Å². The van der Waals surface area contributed by atoms with Gasteiger partial charge in [0.15, 0.2) is 6.61 Å². The lowest BCUT2D eigenvalue weighted by atomic mass is 9.61. The van der Waals surface area contributed by atoms with Crippen molar-refractivity contribution in [2.24, 2.45) is 0 Å². The summed E-state index contributed by atoms with van der Waals surface area (Å²) in [6.07, 6.45) is 0. The summed E-state index contributed by atoms with van der Waals surface area (Å²) in [5, 5.41) is 0. The van der Waals surface area contributed by atoms with E-state index >= 15 is 0 Å². The summed E-state index contributed by atoms with van der Waals surface area (Å²) in [5.41, 5.74) is 7.80. The number of carbonyl (C=O) groups excluding carboxylic acids is 1. The molecule has 1 spiro atoms. The van der Waals surface area contributed by atoms with Crippen LogP contribution in [-0.2, 0) is 5.41 Å². The van der Waals surface area contributed by atoms with Gasteiger partial charge in [0, 0.05) is 22.9 Å². The molecule has 3 aliphatic heterocycles. The summed E-state index contributed by atoms with van der Waals surface area (Å²) < 4.78 is 12.2. The quantitative estimate of drug-likeness (QED) is 0.244. The van der Waals surface area contributed by atoms with Crippen molar-refractivity contribution in [1.82, 2.24) is 0 Å². The van der Waals surface area contributed by atoms with E-state index in [4.69, 9.17) is 9.47 Å². The Kier molecular flexibility index (Phi) is 4.04. The number of carbonyl (C=O) groups is 1. The van der Waals surface area contributed by atoms with Crippen LogP contribution in [0.1, 0.15) is 32.6 Å². The molecule has 0 unspecified atom stereocenters. The van der Waals surface area contributed by atoms with Gasteiger partial charge >= 0.3 is 0 Å². The number of para-hydroxylation sites is 4. The van der Waals surface area contributed by atoms with Gasteiger partial charge in [-0.25, -0.2) is 0 Å². The molecule has 0 amide bonds. The third kappa shape index (κ3) is 2.59. The number of Topliss-reactive ketones (excluding diaryl/α,β-unsaturated/α-hetero) is 1. The Morgan fingerprint density at radius 3 is 1.76 bits per heavy atom. The minimum atomic E-state index is -0.557. The van der Waals surface area contributed by atoms with Gasteiger partial charge in [0.1, 0.15) is 17.2 Å². The topological polar surface area (TPSA) is 38.8 Å². The molecule has 3 heterocycles. The molecule has 8 rings (SSSR count). The lowest BCUT2D eigenvalue weighted by Gasteiger charge is -2.48. The normalized spacial score (nSPS) is 15.6. The molecule has 0 saturated carbocycles. The first-order chi connectivity index (χ1) is 18.3. The Morgan fingerprint density at radius 2 is 1.14 bits per heavy atom. The molecule has 4 nitrogen and oxygen atoms in total. The van der Waals surface area contributed by atoms with Crippen molar-refractivity contribution in [3.8, 4) is 17.2 Å². The van der Waals surface area contributed by atoms with E-state index in [2.05, 4.69) is 89.8 Å². The van der Waals surface area contributed by atoms with Gasteiger partial charge in [0.05, 0.1) is 22.4 Å². The number of hydrogen-bond acceptors (Lipinski definition) is 4. The number of benzene rings is 5. The Morgan fingerprint density at radius 1 is 0.595 bits per heavy atom. The Hall–Kier alpha value is -4.83. The predicted octanol–water partition coefficient (Wildman–Crippen LogP) is 7.53. The Bertz CT molecular complexity index is 1660. The molecule has 3 aliphatic rings. The molecule has 0 fully saturated rings. The summed E-state index contributed by atoms with van der Waals surface area (Å²) in [4.78, 5) is 14.5. The van der Waals surface area contributed by atoms with E-state index in [9.17, 15) is 4.79 Å². The number of ether oxygens (including phenoxy) is 2. The van der Waals surface area contributed by atoms with Crippen molar-refractivity contribution in [2.45, 2.75) is 5.41 Å². The molecule has 0 radical (unpaired) electrons. The lowest BCUT2D eigenvalue weighted by molar-refractivity contribution is 0.0961. The summed E-state index contributed by atoms with van der Waals surface area (Å²) in [7, 11) is 0. The second-order valence-corrected chi connectivity index (χ2v) is 9.61. The second-order valence-electron chi connectivity index (χ2n) is 9.61. The monoisotopic (exact) mass is 479 g/mol. The van der Waals surface area contributed by atoms with E-state index in [1.807, 2.05) is 30.3 Å². The molecule has 0 atom stereocenters. The number of rotatable bonds is 1. The number of anilines is 3. The summed E-state index contributed by atoms with van der Waals surface area (Å²) in [5.74, 6) is 2.39. The molecule has 0 aliphatic carbocycles. The van der Waals surface area contributed by atoms with Crippen molar-refractivity contribution in [1.29, 1.82) is 0 Å². The maximum atomic E-state index is 12.2. The van der Waals surface area contributed by atoms with Crippen molar-refractivity contribution >= 4 is 22.8 Å². The van der Waals surface area contributed by atoms with E-state index < -0.39 is 5.41 Å². The predicted molar refractivity (Wildman–Crippen MR) is 143 cm³/mol. The van der Waals surface area contributed by atoms with Crippen LogP contribution in [0, 0.1) is 0 Å². The van der Waals surface area contributed by atoms with Gasteiger partial charge in [-0.05, 0) is 47.5 Å². The van der Waals surface area contributed by atoms with E-state index in [0.717, 1.165) is 39.7 Å². The smallest absolute Gasteiger partial charge is 0.203 e. The first kappa shape index (κ1) is 20.4. The average molecular weight is 480 g/mol. The lowest BCUT2D eigenvalue weighted by Crippen LogP contribution is -2.39. The molecule has 176 valence electrons. The zero-order valence-electron chi connectivity index (χ0n) is 19.8. The van der Waals surface area contributed by atoms with Gasteiger partial charge in [-0.15, -0.1) is 0 Å². The van der Waals surface area contributed by atoms with E-state index in [1.54, 1.807) is 0 Å². The van der Waals surface area contributed by atoms with Crippen LogP contribution in [0.15, 0.2) is 115 Å². The largest absolute Gasteiger partial charge is 0.485 e. The minimum Gasteiger partial charge on any atom is -0.485 e. The van der Waals surface area contributed by atoms with Gasteiger partial charge < -0.3 is 14.4 Å². The SMILES string of the molecule is O=C1COc2cc(N3c4ccccc4C4(c5ccccc5Oc5ccccc54)c4ccccc43)ccc21. The molecule has 0 saturated heterocycles.